The lowest BCUT2D eigenvalue weighted by Crippen LogP contribution is -2.25. The molecular formula is C14H20N2S. The van der Waals surface area contributed by atoms with Gasteiger partial charge in [-0.05, 0) is 25.3 Å². The molecule has 2 rings (SSSR count). The maximum absolute atomic E-state index is 4.61. The Labute approximate surface area is 108 Å². The summed E-state index contributed by atoms with van der Waals surface area (Å²) >= 11 is 1.85. The number of hydrogen-bond acceptors (Lipinski definition) is 2. The number of nitrogens with one attached hydrogen (secondary N) is 1. The molecular weight excluding hydrogens is 228 g/mol. The van der Waals surface area contributed by atoms with Crippen molar-refractivity contribution in [3.63, 3.8) is 0 Å². The molecule has 0 spiro atoms. The Bertz CT molecular complexity index is 401. The van der Waals surface area contributed by atoms with Gasteiger partial charge in [0.25, 0.3) is 0 Å². The molecule has 1 fully saturated rings. The molecule has 0 aromatic heterocycles. The molecule has 1 heterocycles. The van der Waals surface area contributed by atoms with Gasteiger partial charge in [0.15, 0.2) is 5.17 Å². The van der Waals surface area contributed by atoms with Crippen molar-refractivity contribution in [2.24, 2.45) is 4.99 Å². The fourth-order valence-electron chi connectivity index (χ4n) is 1.90. The lowest BCUT2D eigenvalue weighted by molar-refractivity contribution is 0.667. The van der Waals surface area contributed by atoms with E-state index in [-0.39, 0.29) is 0 Å². The fraction of sp³-hybridized carbons (Fsp3) is 0.500. The smallest absolute Gasteiger partial charge is 0.156 e. The normalized spacial score (nSPS) is 21.8. The summed E-state index contributed by atoms with van der Waals surface area (Å²) in [6.07, 6.45) is 2.22. The Kier molecular flexibility index (Phi) is 4.49. The summed E-state index contributed by atoms with van der Waals surface area (Å²) in [5.74, 6) is 1.17. The Hall–Kier alpha value is -0.960. The van der Waals surface area contributed by atoms with Crippen LogP contribution in [0.2, 0.25) is 0 Å². The van der Waals surface area contributed by atoms with E-state index in [1.165, 1.54) is 23.3 Å². The summed E-state index contributed by atoms with van der Waals surface area (Å²) in [5, 5.41) is 4.58. The largest absolute Gasteiger partial charge is 0.361 e. The maximum atomic E-state index is 4.61. The summed E-state index contributed by atoms with van der Waals surface area (Å²) in [7, 11) is 0. The van der Waals surface area contributed by atoms with E-state index in [1.54, 1.807) is 0 Å². The fourth-order valence-corrected chi connectivity index (χ4v) is 3.01. The van der Waals surface area contributed by atoms with E-state index in [9.17, 15) is 0 Å². The number of thioether (sulfide) groups is 1. The van der Waals surface area contributed by atoms with Crippen LogP contribution >= 0.6 is 11.8 Å². The van der Waals surface area contributed by atoms with E-state index < -0.39 is 0 Å². The molecule has 92 valence electrons. The number of amidine groups is 1. The second-order valence-electron chi connectivity index (χ2n) is 4.49. The molecule has 0 radical (unpaired) electrons. The molecule has 1 saturated heterocycles. The van der Waals surface area contributed by atoms with Crippen molar-refractivity contribution in [3.05, 3.63) is 35.4 Å². The summed E-state index contributed by atoms with van der Waals surface area (Å²) in [5.41, 5.74) is 2.71. The molecule has 0 aliphatic carbocycles. The van der Waals surface area contributed by atoms with Crippen molar-refractivity contribution in [2.75, 3.05) is 12.3 Å². The van der Waals surface area contributed by atoms with Crippen molar-refractivity contribution < 1.29 is 0 Å². The van der Waals surface area contributed by atoms with Gasteiger partial charge in [-0.15, -0.1) is 0 Å². The number of benzene rings is 1. The van der Waals surface area contributed by atoms with Gasteiger partial charge in [-0.25, -0.2) is 0 Å². The molecule has 0 amide bonds. The summed E-state index contributed by atoms with van der Waals surface area (Å²) in [6.45, 7) is 5.23. The minimum absolute atomic E-state index is 0.623. The highest BCUT2D eigenvalue weighted by atomic mass is 32.2. The second-order valence-corrected chi connectivity index (χ2v) is 5.50. The Balaban J connectivity index is 1.81. The third-order valence-corrected chi connectivity index (χ3v) is 4.07. The van der Waals surface area contributed by atoms with Crippen molar-refractivity contribution in [2.45, 2.75) is 32.7 Å². The van der Waals surface area contributed by atoms with Crippen LogP contribution in [-0.4, -0.2) is 23.5 Å². The molecule has 1 unspecified atom stereocenters. The van der Waals surface area contributed by atoms with E-state index >= 15 is 0 Å². The average Bonchev–Trinajstić information content (AvgIpc) is 2.77. The predicted molar refractivity (Wildman–Crippen MR) is 76.9 cm³/mol. The number of aliphatic imine (C=N–C) groups is 1. The Morgan fingerprint density at radius 1 is 1.47 bits per heavy atom. The zero-order valence-corrected chi connectivity index (χ0v) is 11.4. The van der Waals surface area contributed by atoms with Crippen LogP contribution in [-0.2, 0) is 6.42 Å². The Morgan fingerprint density at radius 3 is 3.06 bits per heavy atom. The van der Waals surface area contributed by atoms with Crippen LogP contribution in [0.3, 0.4) is 0 Å². The molecule has 0 bridgehead atoms. The first-order valence-corrected chi connectivity index (χ1v) is 7.26. The monoisotopic (exact) mass is 248 g/mol. The van der Waals surface area contributed by atoms with Gasteiger partial charge in [0.05, 0.1) is 0 Å². The summed E-state index contributed by atoms with van der Waals surface area (Å²) in [6, 6.07) is 9.29. The van der Waals surface area contributed by atoms with Crippen LogP contribution in [0.1, 0.15) is 24.5 Å². The minimum atomic E-state index is 0.623. The van der Waals surface area contributed by atoms with E-state index in [1.807, 2.05) is 11.8 Å². The number of nitrogens with zero attached hydrogens (tertiary/aromatic N) is 1. The van der Waals surface area contributed by atoms with Crippen molar-refractivity contribution in [1.29, 1.82) is 0 Å². The van der Waals surface area contributed by atoms with Gasteiger partial charge in [-0.1, -0.05) is 48.5 Å². The molecule has 0 saturated carbocycles. The molecule has 1 aromatic rings. The van der Waals surface area contributed by atoms with Crippen LogP contribution < -0.4 is 5.32 Å². The molecule has 1 atom stereocenters. The third-order valence-electron chi connectivity index (χ3n) is 2.98. The van der Waals surface area contributed by atoms with E-state index in [4.69, 9.17) is 0 Å². The molecule has 1 aromatic carbocycles. The van der Waals surface area contributed by atoms with Crippen LogP contribution in [0.25, 0.3) is 0 Å². The second kappa shape index (κ2) is 6.10. The highest BCUT2D eigenvalue weighted by Crippen LogP contribution is 2.15. The van der Waals surface area contributed by atoms with Gasteiger partial charge in [0.1, 0.15) is 0 Å². The molecule has 1 aliphatic rings. The lowest BCUT2D eigenvalue weighted by Gasteiger charge is -2.05. The number of hydrogen-bond donors (Lipinski definition) is 1. The van der Waals surface area contributed by atoms with Gasteiger partial charge < -0.3 is 5.32 Å². The van der Waals surface area contributed by atoms with Gasteiger partial charge >= 0.3 is 0 Å². The van der Waals surface area contributed by atoms with Crippen LogP contribution in [0.4, 0.5) is 0 Å². The Morgan fingerprint density at radius 2 is 2.35 bits per heavy atom. The first-order chi connectivity index (χ1) is 8.28. The molecule has 3 heteroatoms. The first-order valence-electron chi connectivity index (χ1n) is 6.27. The van der Waals surface area contributed by atoms with Crippen molar-refractivity contribution in [1.82, 2.24) is 5.32 Å². The van der Waals surface area contributed by atoms with E-state index in [0.29, 0.717) is 6.04 Å². The van der Waals surface area contributed by atoms with Crippen LogP contribution in [0.5, 0.6) is 0 Å². The standard InChI is InChI=1S/C14H20N2S/c1-3-13-10-17-14(16-13)15-8-7-12-6-4-5-11(2)9-12/h4-6,9,13H,3,7-8,10H2,1-2H3,(H,15,16). The van der Waals surface area contributed by atoms with Gasteiger partial charge in [0.2, 0.25) is 0 Å². The van der Waals surface area contributed by atoms with E-state index in [0.717, 1.165) is 18.1 Å². The van der Waals surface area contributed by atoms with Crippen LogP contribution in [0, 0.1) is 6.92 Å². The van der Waals surface area contributed by atoms with Crippen molar-refractivity contribution in [3.8, 4) is 0 Å². The van der Waals surface area contributed by atoms with Crippen molar-refractivity contribution >= 4 is 16.9 Å². The predicted octanol–water partition coefficient (Wildman–Crippen LogP) is 3.01. The van der Waals surface area contributed by atoms with Crippen LogP contribution in [0.15, 0.2) is 29.3 Å². The molecule has 17 heavy (non-hydrogen) atoms. The average molecular weight is 248 g/mol. The topological polar surface area (TPSA) is 24.4 Å². The number of aryl methyl sites for hydroxylation is 1. The third kappa shape index (κ3) is 3.77. The molecule has 1 N–H and O–H groups in total. The molecule has 2 nitrogen and oxygen atoms in total. The first kappa shape index (κ1) is 12.5. The SMILES string of the molecule is CCC1CSC(=NCCc2cccc(C)c2)N1. The summed E-state index contributed by atoms with van der Waals surface area (Å²) < 4.78 is 0. The van der Waals surface area contributed by atoms with Gasteiger partial charge in [-0.3, -0.25) is 4.99 Å². The lowest BCUT2D eigenvalue weighted by atomic mass is 10.1. The molecule has 1 aliphatic heterocycles. The zero-order valence-electron chi connectivity index (χ0n) is 10.6. The highest BCUT2D eigenvalue weighted by molar-refractivity contribution is 8.14. The zero-order chi connectivity index (χ0) is 12.1. The van der Waals surface area contributed by atoms with E-state index in [2.05, 4.69) is 48.4 Å². The maximum Gasteiger partial charge on any atom is 0.156 e. The van der Waals surface area contributed by atoms with Gasteiger partial charge in [-0.2, -0.15) is 0 Å². The van der Waals surface area contributed by atoms with Gasteiger partial charge in [0, 0.05) is 18.3 Å². The number of rotatable bonds is 4. The minimum Gasteiger partial charge on any atom is -0.361 e. The highest BCUT2D eigenvalue weighted by Gasteiger charge is 2.17. The summed E-state index contributed by atoms with van der Waals surface area (Å²) in [4.78, 5) is 4.61. The quantitative estimate of drug-likeness (QED) is 0.886.